The first-order chi connectivity index (χ1) is 15.5. The van der Waals surface area contributed by atoms with Crippen LogP contribution in [0.5, 0.6) is 0 Å². The van der Waals surface area contributed by atoms with Crippen molar-refractivity contribution < 1.29 is 4.79 Å². The quantitative estimate of drug-likeness (QED) is 0.351. The molecule has 2 aromatic carbocycles. The first kappa shape index (κ1) is 20.5. The summed E-state index contributed by atoms with van der Waals surface area (Å²) in [6, 6.07) is 19.1. The van der Waals surface area contributed by atoms with E-state index in [-0.39, 0.29) is 23.3 Å². The number of rotatable bonds is 4. The summed E-state index contributed by atoms with van der Waals surface area (Å²) in [6.07, 6.45) is 2.57. The van der Waals surface area contributed by atoms with E-state index in [2.05, 4.69) is 18.0 Å². The van der Waals surface area contributed by atoms with Crippen molar-refractivity contribution in [3.63, 3.8) is 0 Å². The van der Waals surface area contributed by atoms with E-state index >= 15 is 0 Å². The Morgan fingerprint density at radius 1 is 1.09 bits per heavy atom. The summed E-state index contributed by atoms with van der Waals surface area (Å²) in [5.74, 6) is 0.668. The third-order valence-electron chi connectivity index (χ3n) is 5.67. The van der Waals surface area contributed by atoms with Crippen molar-refractivity contribution in [3.05, 3.63) is 88.3 Å². The third kappa shape index (κ3) is 3.58. The van der Waals surface area contributed by atoms with Gasteiger partial charge in [-0.2, -0.15) is 0 Å². The highest BCUT2D eigenvalue weighted by Gasteiger charge is 2.30. The number of anilines is 1. The molecule has 0 fully saturated rings. The van der Waals surface area contributed by atoms with Gasteiger partial charge in [-0.3, -0.25) is 9.59 Å². The minimum absolute atomic E-state index is 0.00160. The molecule has 0 spiro atoms. The molecule has 1 aliphatic heterocycles. The molecule has 0 saturated carbocycles. The molecule has 6 nitrogen and oxygen atoms in total. The number of carbonyl (C=O) groups excluding carboxylic acids is 1. The maximum absolute atomic E-state index is 13.3. The fourth-order valence-electron chi connectivity index (χ4n) is 4.14. The molecule has 1 aliphatic rings. The van der Waals surface area contributed by atoms with Gasteiger partial charge in [-0.05, 0) is 55.7 Å². The summed E-state index contributed by atoms with van der Waals surface area (Å²) >= 11 is 1.27. The average molecular weight is 443 g/mol. The second-order valence-corrected chi connectivity index (χ2v) is 8.92. The van der Waals surface area contributed by atoms with Gasteiger partial charge in [-0.15, -0.1) is 0 Å². The first-order valence-electron chi connectivity index (χ1n) is 10.5. The highest BCUT2D eigenvalue weighted by molar-refractivity contribution is 7.99. The van der Waals surface area contributed by atoms with Crippen molar-refractivity contribution in [2.75, 3.05) is 10.7 Å². The normalized spacial score (nSPS) is 15.2. The Bertz CT molecular complexity index is 1380. The molecule has 0 saturated heterocycles. The highest BCUT2D eigenvalue weighted by atomic mass is 32.2. The lowest BCUT2D eigenvalue weighted by Gasteiger charge is -2.22. The molecule has 1 atom stereocenters. The van der Waals surface area contributed by atoms with Crippen LogP contribution in [0.4, 0.5) is 5.69 Å². The minimum Gasteiger partial charge on any atom is -0.308 e. The van der Waals surface area contributed by atoms with E-state index in [1.807, 2.05) is 54.3 Å². The maximum Gasteiger partial charge on any atom is 0.267 e. The van der Waals surface area contributed by atoms with Gasteiger partial charge in [0.05, 0.1) is 16.7 Å². The topological polar surface area (TPSA) is 68.1 Å². The van der Waals surface area contributed by atoms with Crippen LogP contribution >= 0.6 is 11.8 Å². The molecular formula is C25H22N4O2S. The fraction of sp³-hybridized carbons (Fsp3) is 0.200. The molecule has 160 valence electrons. The molecular weight excluding hydrogens is 420 g/mol. The molecule has 1 amide bonds. The molecule has 0 bridgehead atoms. The summed E-state index contributed by atoms with van der Waals surface area (Å²) < 4.78 is 1.50. The van der Waals surface area contributed by atoms with E-state index in [9.17, 15) is 9.59 Å². The number of para-hydroxylation sites is 2. The van der Waals surface area contributed by atoms with E-state index in [1.165, 1.54) is 21.9 Å². The number of carbonyl (C=O) groups is 1. The smallest absolute Gasteiger partial charge is 0.267 e. The number of hydrogen-bond donors (Lipinski definition) is 0. The number of hydrogen-bond acceptors (Lipinski definition) is 5. The van der Waals surface area contributed by atoms with Gasteiger partial charge in [-0.25, -0.2) is 14.5 Å². The van der Waals surface area contributed by atoms with E-state index < -0.39 is 0 Å². The van der Waals surface area contributed by atoms with Crippen molar-refractivity contribution in [2.45, 2.75) is 31.5 Å². The summed E-state index contributed by atoms with van der Waals surface area (Å²) in [5.41, 5.74) is 3.57. The van der Waals surface area contributed by atoms with Crippen LogP contribution in [-0.4, -0.2) is 32.2 Å². The Morgan fingerprint density at radius 3 is 2.69 bits per heavy atom. The van der Waals surface area contributed by atoms with Crippen LogP contribution in [0.15, 0.2) is 76.8 Å². The molecule has 0 N–H and O–H groups in total. The van der Waals surface area contributed by atoms with Gasteiger partial charge in [0.25, 0.3) is 5.56 Å². The predicted octanol–water partition coefficient (Wildman–Crippen LogP) is 4.16. The molecule has 0 aliphatic carbocycles. The number of pyridine rings is 1. The van der Waals surface area contributed by atoms with Crippen LogP contribution in [0.1, 0.15) is 18.1 Å². The predicted molar refractivity (Wildman–Crippen MR) is 128 cm³/mol. The van der Waals surface area contributed by atoms with Crippen molar-refractivity contribution in [1.82, 2.24) is 14.5 Å². The summed E-state index contributed by atoms with van der Waals surface area (Å²) in [6.45, 7) is 4.00. The molecule has 3 heterocycles. The van der Waals surface area contributed by atoms with Gasteiger partial charge >= 0.3 is 0 Å². The number of nitrogens with zero attached hydrogens (tertiary/aromatic N) is 4. The number of thioether (sulfide) groups is 1. The van der Waals surface area contributed by atoms with Gasteiger partial charge < -0.3 is 4.90 Å². The summed E-state index contributed by atoms with van der Waals surface area (Å²) in [4.78, 5) is 37.5. The number of fused-ring (bicyclic) bond motifs is 2. The van der Waals surface area contributed by atoms with E-state index in [4.69, 9.17) is 4.98 Å². The zero-order valence-electron chi connectivity index (χ0n) is 17.9. The fourth-order valence-corrected chi connectivity index (χ4v) is 5.00. The second-order valence-electron chi connectivity index (χ2n) is 7.98. The van der Waals surface area contributed by atoms with E-state index in [0.29, 0.717) is 21.9 Å². The standard InChI is InChI=1S/C25H22N4O2S/c1-16-11-12-22(26-14-16)29-24(31)19-8-4-5-9-20(19)27-25(29)32-15-23(30)28-17(2)13-18-7-3-6-10-21(18)28/h3-12,14,17H,13,15H2,1-2H3. The molecule has 4 aromatic rings. The second kappa shape index (κ2) is 8.24. The van der Waals surface area contributed by atoms with Crippen molar-refractivity contribution >= 4 is 34.3 Å². The van der Waals surface area contributed by atoms with Crippen molar-refractivity contribution in [2.24, 2.45) is 0 Å². The monoisotopic (exact) mass is 442 g/mol. The number of aryl methyl sites for hydroxylation is 1. The number of benzene rings is 2. The molecule has 5 rings (SSSR count). The Morgan fingerprint density at radius 2 is 1.88 bits per heavy atom. The van der Waals surface area contributed by atoms with E-state index in [1.54, 1.807) is 18.3 Å². The largest absolute Gasteiger partial charge is 0.308 e. The van der Waals surface area contributed by atoms with Gasteiger partial charge in [0.1, 0.15) is 5.82 Å². The molecule has 2 aromatic heterocycles. The summed E-state index contributed by atoms with van der Waals surface area (Å²) in [5, 5.41) is 0.978. The Balaban J connectivity index is 1.51. The molecule has 0 radical (unpaired) electrons. The van der Waals surface area contributed by atoms with Gasteiger partial charge in [0, 0.05) is 17.9 Å². The third-order valence-corrected chi connectivity index (χ3v) is 6.59. The van der Waals surface area contributed by atoms with Crippen LogP contribution < -0.4 is 10.5 Å². The van der Waals surface area contributed by atoms with Gasteiger partial charge in [0.2, 0.25) is 5.91 Å². The SMILES string of the molecule is Cc1ccc(-n2c(SCC(=O)N3c4ccccc4CC3C)nc3ccccc3c2=O)nc1. The zero-order chi connectivity index (χ0) is 22.2. The lowest BCUT2D eigenvalue weighted by Crippen LogP contribution is -2.37. The van der Waals surface area contributed by atoms with Crippen LogP contribution in [0.2, 0.25) is 0 Å². The van der Waals surface area contributed by atoms with Crippen molar-refractivity contribution in [3.8, 4) is 5.82 Å². The Hall–Kier alpha value is -3.45. The van der Waals surface area contributed by atoms with Crippen LogP contribution in [-0.2, 0) is 11.2 Å². The zero-order valence-corrected chi connectivity index (χ0v) is 18.7. The van der Waals surface area contributed by atoms with Crippen molar-refractivity contribution in [1.29, 1.82) is 0 Å². The number of aromatic nitrogens is 3. The van der Waals surface area contributed by atoms with E-state index in [0.717, 1.165) is 17.7 Å². The van der Waals surface area contributed by atoms with Crippen LogP contribution in [0.3, 0.4) is 0 Å². The first-order valence-corrected chi connectivity index (χ1v) is 11.5. The maximum atomic E-state index is 13.3. The van der Waals surface area contributed by atoms with Gasteiger partial charge in [0.15, 0.2) is 5.16 Å². The highest BCUT2D eigenvalue weighted by Crippen LogP contribution is 2.33. The molecule has 32 heavy (non-hydrogen) atoms. The lowest BCUT2D eigenvalue weighted by molar-refractivity contribution is -0.116. The Labute approximate surface area is 189 Å². The lowest BCUT2D eigenvalue weighted by atomic mass is 10.1. The average Bonchev–Trinajstić information content (AvgIpc) is 3.14. The minimum atomic E-state index is -0.193. The van der Waals surface area contributed by atoms with Gasteiger partial charge in [-0.1, -0.05) is 48.2 Å². The van der Waals surface area contributed by atoms with Crippen LogP contribution in [0.25, 0.3) is 16.7 Å². The number of amides is 1. The molecule has 1 unspecified atom stereocenters. The summed E-state index contributed by atoms with van der Waals surface area (Å²) in [7, 11) is 0. The Kier molecular flexibility index (Phi) is 5.27. The molecule has 7 heteroatoms. The van der Waals surface area contributed by atoms with Crippen LogP contribution in [0, 0.1) is 6.92 Å².